The van der Waals surface area contributed by atoms with Gasteiger partial charge < -0.3 is 10.6 Å². The van der Waals surface area contributed by atoms with E-state index in [1.165, 1.54) is 12.1 Å². The first-order valence-electron chi connectivity index (χ1n) is 6.77. The summed E-state index contributed by atoms with van der Waals surface area (Å²) in [6.45, 7) is 1.09. The van der Waals surface area contributed by atoms with Gasteiger partial charge in [-0.15, -0.1) is 0 Å². The van der Waals surface area contributed by atoms with E-state index in [-0.39, 0.29) is 22.6 Å². The van der Waals surface area contributed by atoms with Crippen molar-refractivity contribution >= 4 is 17.7 Å². The highest BCUT2D eigenvalue weighted by Gasteiger charge is 2.29. The van der Waals surface area contributed by atoms with Crippen LogP contribution >= 0.6 is 11.8 Å². The van der Waals surface area contributed by atoms with E-state index in [4.69, 9.17) is 0 Å². The maximum absolute atomic E-state index is 12.2. The van der Waals surface area contributed by atoms with Crippen molar-refractivity contribution in [3.63, 3.8) is 0 Å². The molecular formula is C14H17F3N2OS. The van der Waals surface area contributed by atoms with Crippen LogP contribution in [0.5, 0.6) is 0 Å². The number of nitrogens with one attached hydrogen (secondary N) is 2. The molecule has 1 amide bonds. The Morgan fingerprint density at radius 1 is 1.24 bits per heavy atom. The Hall–Kier alpha value is -1.21. The molecule has 7 heteroatoms. The molecule has 0 unspecified atom stereocenters. The highest BCUT2D eigenvalue weighted by Crippen LogP contribution is 2.36. The van der Waals surface area contributed by atoms with Crippen molar-refractivity contribution in [3.05, 3.63) is 29.8 Å². The van der Waals surface area contributed by atoms with Crippen LogP contribution < -0.4 is 10.6 Å². The summed E-state index contributed by atoms with van der Waals surface area (Å²) < 4.78 is 36.5. The lowest BCUT2D eigenvalue weighted by Crippen LogP contribution is -2.28. The molecule has 0 heterocycles. The molecule has 0 bridgehead atoms. The number of halogens is 3. The summed E-state index contributed by atoms with van der Waals surface area (Å²) in [4.78, 5) is 11.6. The third kappa shape index (κ3) is 6.86. The van der Waals surface area contributed by atoms with Crippen molar-refractivity contribution in [2.24, 2.45) is 0 Å². The second kappa shape index (κ2) is 7.17. The van der Waals surface area contributed by atoms with Crippen LogP contribution in [0.4, 0.5) is 13.2 Å². The number of carbonyl (C=O) groups excluding carboxylic acids is 1. The fraction of sp³-hybridized carbons (Fsp3) is 0.500. The summed E-state index contributed by atoms with van der Waals surface area (Å²) in [6, 6.07) is 6.59. The van der Waals surface area contributed by atoms with E-state index in [0.29, 0.717) is 25.6 Å². The summed E-state index contributed by atoms with van der Waals surface area (Å²) in [6.07, 6.45) is 2.56. The zero-order chi connectivity index (χ0) is 15.3. The summed E-state index contributed by atoms with van der Waals surface area (Å²) in [5, 5.41) is 6.00. The zero-order valence-corrected chi connectivity index (χ0v) is 12.2. The van der Waals surface area contributed by atoms with Gasteiger partial charge in [-0.2, -0.15) is 13.2 Å². The van der Waals surface area contributed by atoms with E-state index in [1.54, 1.807) is 12.1 Å². The molecule has 3 nitrogen and oxygen atoms in total. The molecule has 0 aromatic heterocycles. The molecule has 0 saturated heterocycles. The molecular weight excluding hydrogens is 301 g/mol. The lowest BCUT2D eigenvalue weighted by molar-refractivity contribution is -0.121. The largest absolute Gasteiger partial charge is 0.446 e. The first kappa shape index (κ1) is 16.2. The second-order valence-corrected chi connectivity index (χ2v) is 6.10. The van der Waals surface area contributed by atoms with Crippen LogP contribution in [0.15, 0.2) is 29.2 Å². The third-order valence-corrected chi connectivity index (χ3v) is 3.70. The van der Waals surface area contributed by atoms with E-state index in [1.807, 2.05) is 0 Å². The number of hydrogen-bond donors (Lipinski definition) is 2. The number of thioether (sulfide) groups is 1. The van der Waals surface area contributed by atoms with Crippen LogP contribution in [0.3, 0.4) is 0 Å². The highest BCUT2D eigenvalue weighted by molar-refractivity contribution is 8.00. The Balaban J connectivity index is 1.65. The molecule has 1 saturated carbocycles. The van der Waals surface area contributed by atoms with Crippen molar-refractivity contribution in [1.82, 2.24) is 10.6 Å². The maximum Gasteiger partial charge on any atom is 0.446 e. The van der Waals surface area contributed by atoms with Crippen molar-refractivity contribution in [2.75, 3.05) is 6.54 Å². The maximum atomic E-state index is 12.2. The first-order chi connectivity index (χ1) is 9.92. The van der Waals surface area contributed by atoms with Crippen LogP contribution in [-0.2, 0) is 11.3 Å². The third-order valence-electron chi connectivity index (χ3n) is 2.96. The molecule has 1 aliphatic carbocycles. The monoisotopic (exact) mass is 318 g/mol. The quantitative estimate of drug-likeness (QED) is 0.600. The number of alkyl halides is 3. The average Bonchev–Trinajstić information content (AvgIpc) is 3.18. The number of hydrogen-bond acceptors (Lipinski definition) is 3. The van der Waals surface area contributed by atoms with E-state index in [2.05, 4.69) is 10.6 Å². The van der Waals surface area contributed by atoms with E-state index >= 15 is 0 Å². The fourth-order valence-electron chi connectivity index (χ4n) is 1.77. The Bertz CT molecular complexity index is 472. The average molecular weight is 318 g/mol. The Labute approximate surface area is 125 Å². The number of rotatable bonds is 7. The molecule has 2 rings (SSSR count). The van der Waals surface area contributed by atoms with E-state index in [9.17, 15) is 18.0 Å². The van der Waals surface area contributed by atoms with Gasteiger partial charge in [-0.05, 0) is 42.3 Å². The lowest BCUT2D eigenvalue weighted by Gasteiger charge is -2.08. The van der Waals surface area contributed by atoms with Gasteiger partial charge in [0.2, 0.25) is 5.91 Å². The predicted molar refractivity (Wildman–Crippen MR) is 75.8 cm³/mol. The molecule has 2 N–H and O–H groups in total. The normalized spacial score (nSPS) is 15.0. The zero-order valence-electron chi connectivity index (χ0n) is 11.4. The second-order valence-electron chi connectivity index (χ2n) is 4.96. The summed E-state index contributed by atoms with van der Waals surface area (Å²) in [7, 11) is 0. The molecule has 0 atom stereocenters. The highest BCUT2D eigenvalue weighted by atomic mass is 32.2. The van der Waals surface area contributed by atoms with Gasteiger partial charge in [0.05, 0.1) is 0 Å². The van der Waals surface area contributed by atoms with Gasteiger partial charge in [0.1, 0.15) is 0 Å². The van der Waals surface area contributed by atoms with Crippen LogP contribution in [-0.4, -0.2) is 24.0 Å². The smallest absolute Gasteiger partial charge is 0.353 e. The van der Waals surface area contributed by atoms with Gasteiger partial charge in [-0.1, -0.05) is 12.1 Å². The minimum atomic E-state index is -4.26. The van der Waals surface area contributed by atoms with Crippen LogP contribution in [0.1, 0.15) is 24.8 Å². The summed E-state index contributed by atoms with van der Waals surface area (Å²) in [5.74, 6) is 0.0434. The molecule has 1 aliphatic rings. The Morgan fingerprint density at radius 2 is 1.90 bits per heavy atom. The molecule has 0 radical (unpaired) electrons. The van der Waals surface area contributed by atoms with Crippen molar-refractivity contribution in [1.29, 1.82) is 0 Å². The van der Waals surface area contributed by atoms with Gasteiger partial charge in [-0.25, -0.2) is 0 Å². The van der Waals surface area contributed by atoms with Crippen molar-refractivity contribution in [2.45, 2.75) is 42.3 Å². The molecule has 1 fully saturated rings. The van der Waals surface area contributed by atoms with E-state index < -0.39 is 5.51 Å². The Morgan fingerprint density at radius 3 is 2.48 bits per heavy atom. The molecule has 116 valence electrons. The van der Waals surface area contributed by atoms with Crippen LogP contribution in [0.2, 0.25) is 0 Å². The molecule has 1 aromatic carbocycles. The van der Waals surface area contributed by atoms with Crippen molar-refractivity contribution < 1.29 is 18.0 Å². The molecule has 21 heavy (non-hydrogen) atoms. The summed E-state index contributed by atoms with van der Waals surface area (Å²) >= 11 is -0.120. The first-order valence-corrected chi connectivity index (χ1v) is 7.59. The van der Waals surface area contributed by atoms with Gasteiger partial charge in [-0.3, -0.25) is 4.79 Å². The van der Waals surface area contributed by atoms with Gasteiger partial charge in [0.25, 0.3) is 0 Å². The number of amides is 1. The van der Waals surface area contributed by atoms with Gasteiger partial charge in [0.15, 0.2) is 0 Å². The lowest BCUT2D eigenvalue weighted by atomic mass is 10.2. The molecule has 0 aliphatic heterocycles. The van der Waals surface area contributed by atoms with Gasteiger partial charge >= 0.3 is 5.51 Å². The van der Waals surface area contributed by atoms with Crippen LogP contribution in [0.25, 0.3) is 0 Å². The predicted octanol–water partition coefficient (Wildman–Crippen LogP) is 3.06. The Kier molecular flexibility index (Phi) is 5.52. The number of carbonyl (C=O) groups is 1. The summed E-state index contributed by atoms with van der Waals surface area (Å²) in [5.41, 5.74) is -3.36. The minimum Gasteiger partial charge on any atom is -0.353 e. The van der Waals surface area contributed by atoms with E-state index in [0.717, 1.165) is 18.4 Å². The standard InChI is InChI=1S/C14H17F3N2OS/c15-14(16,17)21-12-5-1-10(2-6-12)9-18-8-7-13(20)19-11-3-4-11/h1-2,5-6,11,18H,3-4,7-9H2,(H,19,20). The molecule has 0 spiro atoms. The SMILES string of the molecule is O=C(CCNCc1ccc(SC(F)(F)F)cc1)NC1CC1. The van der Waals surface area contributed by atoms with Crippen LogP contribution in [0, 0.1) is 0 Å². The number of benzene rings is 1. The minimum absolute atomic E-state index is 0.0434. The fourth-order valence-corrected chi connectivity index (χ4v) is 2.31. The molecule has 1 aromatic rings. The van der Waals surface area contributed by atoms with Crippen molar-refractivity contribution in [3.8, 4) is 0 Å². The van der Waals surface area contributed by atoms with Gasteiger partial charge in [0, 0.05) is 30.4 Å². The topological polar surface area (TPSA) is 41.1 Å².